The Morgan fingerprint density at radius 3 is 2.73 bits per heavy atom. The van der Waals surface area contributed by atoms with Crippen molar-refractivity contribution in [2.75, 3.05) is 26.2 Å². The fraction of sp³-hybridized carbons (Fsp3) is 0.500. The van der Waals surface area contributed by atoms with E-state index in [1.54, 1.807) is 17.0 Å². The van der Waals surface area contributed by atoms with Gasteiger partial charge in [0.25, 0.3) is 0 Å². The highest BCUT2D eigenvalue weighted by Gasteiger charge is 2.21. The van der Waals surface area contributed by atoms with E-state index in [2.05, 4.69) is 20.7 Å². The molecule has 1 N–H and O–H groups in total. The number of morpholine rings is 1. The summed E-state index contributed by atoms with van der Waals surface area (Å²) in [5, 5.41) is 0. The van der Waals surface area contributed by atoms with Crippen molar-refractivity contribution >= 4 is 31.9 Å². The smallest absolute Gasteiger partial charge is 0.240 e. The number of hydrogen-bond donors (Lipinski definition) is 1. The minimum absolute atomic E-state index is 0.0251. The molecule has 0 radical (unpaired) electrons. The lowest BCUT2D eigenvalue weighted by molar-refractivity contribution is -0.137. The molecule has 6 nitrogen and oxygen atoms in total. The number of amides is 1. The van der Waals surface area contributed by atoms with E-state index in [1.165, 1.54) is 12.1 Å². The molecule has 1 amide bonds. The molecule has 1 aliphatic rings. The predicted octanol–water partition coefficient (Wildman–Crippen LogP) is 1.36. The molecule has 8 heteroatoms. The second kappa shape index (κ2) is 7.54. The first-order chi connectivity index (χ1) is 10.4. The van der Waals surface area contributed by atoms with Crippen LogP contribution in [0, 0.1) is 0 Å². The van der Waals surface area contributed by atoms with Crippen molar-refractivity contribution in [1.82, 2.24) is 9.62 Å². The molecule has 0 bridgehead atoms. The fourth-order valence-corrected chi connectivity index (χ4v) is 3.49. The Morgan fingerprint density at radius 1 is 1.41 bits per heavy atom. The SMILES string of the molecule is CC1CN(C(=O)CCNS(=O)(=O)c2ccc(Br)cc2)CCO1. The van der Waals surface area contributed by atoms with Gasteiger partial charge in [0.05, 0.1) is 17.6 Å². The lowest BCUT2D eigenvalue weighted by Gasteiger charge is -2.31. The van der Waals surface area contributed by atoms with E-state index in [-0.39, 0.29) is 29.9 Å². The largest absolute Gasteiger partial charge is 0.375 e. The summed E-state index contributed by atoms with van der Waals surface area (Å²) in [5.74, 6) is -0.0614. The van der Waals surface area contributed by atoms with Gasteiger partial charge in [0.1, 0.15) is 0 Å². The predicted molar refractivity (Wildman–Crippen MR) is 85.9 cm³/mol. The topological polar surface area (TPSA) is 75.7 Å². The molecule has 1 saturated heterocycles. The van der Waals surface area contributed by atoms with Crippen molar-refractivity contribution in [1.29, 1.82) is 0 Å². The van der Waals surface area contributed by atoms with Gasteiger partial charge in [-0.05, 0) is 31.2 Å². The maximum Gasteiger partial charge on any atom is 0.240 e. The van der Waals surface area contributed by atoms with Crippen molar-refractivity contribution in [3.63, 3.8) is 0 Å². The molecular weight excluding hydrogens is 372 g/mol. The second-order valence-electron chi connectivity index (χ2n) is 5.12. The molecule has 1 aliphatic heterocycles. The number of ether oxygens (including phenoxy) is 1. The maximum absolute atomic E-state index is 12.1. The van der Waals surface area contributed by atoms with Crippen LogP contribution in [0.5, 0.6) is 0 Å². The first-order valence-corrected chi connectivity index (χ1v) is 9.31. The van der Waals surface area contributed by atoms with Gasteiger partial charge in [0, 0.05) is 30.5 Å². The lowest BCUT2D eigenvalue weighted by Crippen LogP contribution is -2.45. The highest BCUT2D eigenvalue weighted by Crippen LogP contribution is 2.14. The Labute approximate surface area is 139 Å². The summed E-state index contributed by atoms with van der Waals surface area (Å²) in [7, 11) is -3.58. The molecule has 0 aliphatic carbocycles. The van der Waals surface area contributed by atoms with Crippen LogP contribution in [0.15, 0.2) is 33.6 Å². The number of rotatable bonds is 5. The Balaban J connectivity index is 1.84. The number of nitrogens with zero attached hydrogens (tertiary/aromatic N) is 1. The van der Waals surface area contributed by atoms with Gasteiger partial charge in [-0.2, -0.15) is 0 Å². The standard InChI is InChI=1S/C14H19BrN2O4S/c1-11-10-17(8-9-21-11)14(18)6-7-16-22(19,20)13-4-2-12(15)3-5-13/h2-5,11,16H,6-10H2,1H3. The number of halogens is 1. The van der Waals surface area contributed by atoms with Crippen molar-refractivity contribution in [2.24, 2.45) is 0 Å². The molecule has 1 fully saturated rings. The summed E-state index contributed by atoms with van der Waals surface area (Å²) in [4.78, 5) is 13.9. The second-order valence-corrected chi connectivity index (χ2v) is 7.81. The van der Waals surface area contributed by atoms with Gasteiger partial charge < -0.3 is 9.64 Å². The molecule has 1 heterocycles. The van der Waals surface area contributed by atoms with Crippen LogP contribution in [0.25, 0.3) is 0 Å². The van der Waals surface area contributed by atoms with Crippen molar-refractivity contribution in [2.45, 2.75) is 24.3 Å². The Kier molecular flexibility index (Phi) is 5.96. The van der Waals surface area contributed by atoms with E-state index in [1.807, 2.05) is 6.92 Å². The van der Waals surface area contributed by atoms with Crippen LogP contribution in [-0.4, -0.2) is 51.6 Å². The van der Waals surface area contributed by atoms with Gasteiger partial charge in [0.2, 0.25) is 15.9 Å². The van der Waals surface area contributed by atoms with Crippen LogP contribution in [-0.2, 0) is 19.6 Å². The number of hydrogen-bond acceptors (Lipinski definition) is 4. The molecule has 1 atom stereocenters. The van der Waals surface area contributed by atoms with Gasteiger partial charge >= 0.3 is 0 Å². The Hall–Kier alpha value is -0.960. The molecule has 22 heavy (non-hydrogen) atoms. The van der Waals surface area contributed by atoms with Crippen LogP contribution >= 0.6 is 15.9 Å². The minimum Gasteiger partial charge on any atom is -0.375 e. The number of benzene rings is 1. The molecule has 1 aromatic rings. The van der Waals surface area contributed by atoms with E-state index in [9.17, 15) is 13.2 Å². The van der Waals surface area contributed by atoms with Crippen LogP contribution in [0.1, 0.15) is 13.3 Å². The van der Waals surface area contributed by atoms with Crippen LogP contribution in [0.4, 0.5) is 0 Å². The zero-order valence-corrected chi connectivity index (χ0v) is 14.7. The summed E-state index contributed by atoms with van der Waals surface area (Å²) in [6, 6.07) is 6.35. The molecule has 0 spiro atoms. The molecule has 1 aromatic carbocycles. The van der Waals surface area contributed by atoms with E-state index in [0.29, 0.717) is 19.7 Å². The monoisotopic (exact) mass is 390 g/mol. The third-order valence-corrected chi connectivity index (χ3v) is 5.35. The minimum atomic E-state index is -3.58. The Morgan fingerprint density at radius 2 is 2.09 bits per heavy atom. The van der Waals surface area contributed by atoms with Crippen molar-refractivity contribution < 1.29 is 17.9 Å². The van der Waals surface area contributed by atoms with E-state index in [0.717, 1.165) is 4.47 Å². The summed E-state index contributed by atoms with van der Waals surface area (Å²) in [6.45, 7) is 3.64. The van der Waals surface area contributed by atoms with Crippen LogP contribution in [0.3, 0.4) is 0 Å². The first-order valence-electron chi connectivity index (χ1n) is 7.03. The molecule has 0 saturated carbocycles. The van der Waals surface area contributed by atoms with Gasteiger partial charge in [0.15, 0.2) is 0 Å². The highest BCUT2D eigenvalue weighted by atomic mass is 79.9. The van der Waals surface area contributed by atoms with Crippen molar-refractivity contribution in [3.05, 3.63) is 28.7 Å². The maximum atomic E-state index is 12.1. The number of sulfonamides is 1. The normalized spacial score (nSPS) is 19.2. The third-order valence-electron chi connectivity index (χ3n) is 3.35. The summed E-state index contributed by atoms with van der Waals surface area (Å²) >= 11 is 3.26. The average Bonchev–Trinajstić information content (AvgIpc) is 2.47. The van der Waals surface area contributed by atoms with E-state index < -0.39 is 10.0 Å². The first kappa shape index (κ1) is 17.4. The van der Waals surface area contributed by atoms with Crippen LogP contribution in [0.2, 0.25) is 0 Å². The van der Waals surface area contributed by atoms with Crippen LogP contribution < -0.4 is 4.72 Å². The van der Waals surface area contributed by atoms with E-state index in [4.69, 9.17) is 4.74 Å². The van der Waals surface area contributed by atoms with Crippen molar-refractivity contribution in [3.8, 4) is 0 Å². The van der Waals surface area contributed by atoms with Gasteiger partial charge in [-0.1, -0.05) is 15.9 Å². The van der Waals surface area contributed by atoms with Gasteiger partial charge in [-0.15, -0.1) is 0 Å². The summed E-state index contributed by atoms with van der Waals surface area (Å²) in [5.41, 5.74) is 0. The molecule has 1 unspecified atom stereocenters. The van der Waals surface area contributed by atoms with Gasteiger partial charge in [-0.3, -0.25) is 4.79 Å². The number of carbonyl (C=O) groups excluding carboxylic acids is 1. The summed E-state index contributed by atoms with van der Waals surface area (Å²) in [6.07, 6.45) is 0.166. The zero-order chi connectivity index (χ0) is 16.2. The zero-order valence-electron chi connectivity index (χ0n) is 12.3. The Bertz CT molecular complexity index is 618. The number of nitrogens with one attached hydrogen (secondary N) is 1. The van der Waals surface area contributed by atoms with Gasteiger partial charge in [-0.25, -0.2) is 13.1 Å². The number of carbonyl (C=O) groups is 1. The lowest BCUT2D eigenvalue weighted by atomic mass is 10.2. The average molecular weight is 391 g/mol. The molecule has 0 aromatic heterocycles. The molecule has 122 valence electrons. The fourth-order valence-electron chi connectivity index (χ4n) is 2.19. The summed E-state index contributed by atoms with van der Waals surface area (Å²) < 4.78 is 32.8. The highest BCUT2D eigenvalue weighted by molar-refractivity contribution is 9.10. The van der Waals surface area contributed by atoms with E-state index >= 15 is 0 Å². The quantitative estimate of drug-likeness (QED) is 0.823. The molecule has 2 rings (SSSR count). The third kappa shape index (κ3) is 4.77. The molecular formula is C14H19BrN2O4S.